The fourth-order valence-corrected chi connectivity index (χ4v) is 3.15. The van der Waals surface area contributed by atoms with Gasteiger partial charge in [-0.3, -0.25) is 0 Å². The van der Waals surface area contributed by atoms with Crippen molar-refractivity contribution in [2.45, 2.75) is 0 Å². The molecular formula is C12H8Br2S. The van der Waals surface area contributed by atoms with Crippen molar-refractivity contribution in [3.05, 3.63) is 50.0 Å². The first-order chi connectivity index (χ1) is 7.20. The number of hydrogen-bond donors (Lipinski definition) is 0. The lowest BCUT2D eigenvalue weighted by molar-refractivity contribution is 1.62. The van der Waals surface area contributed by atoms with Crippen molar-refractivity contribution < 1.29 is 0 Å². The van der Waals surface area contributed by atoms with Crippen LogP contribution in [0.2, 0.25) is 0 Å². The zero-order chi connectivity index (χ0) is 10.8. The van der Waals surface area contributed by atoms with E-state index in [1.165, 1.54) is 16.0 Å². The van der Waals surface area contributed by atoms with E-state index < -0.39 is 0 Å². The number of halogens is 2. The van der Waals surface area contributed by atoms with Gasteiger partial charge in [0.1, 0.15) is 0 Å². The van der Waals surface area contributed by atoms with Crippen LogP contribution < -0.4 is 0 Å². The molecule has 0 aliphatic carbocycles. The molecule has 1 aromatic carbocycles. The summed E-state index contributed by atoms with van der Waals surface area (Å²) in [4.78, 5) is 1.20. The Balaban J connectivity index is 2.52. The van der Waals surface area contributed by atoms with Gasteiger partial charge in [0.15, 0.2) is 0 Å². The van der Waals surface area contributed by atoms with Crippen LogP contribution in [-0.2, 0) is 0 Å². The molecule has 2 rings (SSSR count). The minimum atomic E-state index is 1.10. The van der Waals surface area contributed by atoms with E-state index in [-0.39, 0.29) is 0 Å². The Kier molecular flexibility index (Phi) is 3.44. The first kappa shape index (κ1) is 11.1. The minimum Gasteiger partial charge on any atom is -0.128 e. The zero-order valence-electron chi connectivity index (χ0n) is 7.84. The molecule has 1 heterocycles. The quantitative estimate of drug-likeness (QED) is 0.667. The summed E-state index contributed by atoms with van der Waals surface area (Å²) in [7, 11) is 0. The van der Waals surface area contributed by atoms with Gasteiger partial charge in [-0.1, -0.05) is 40.7 Å². The predicted molar refractivity (Wildman–Crippen MR) is 75.2 cm³/mol. The van der Waals surface area contributed by atoms with E-state index in [2.05, 4.69) is 56.6 Å². The minimum absolute atomic E-state index is 1.10. The van der Waals surface area contributed by atoms with Crippen molar-refractivity contribution in [3.63, 3.8) is 0 Å². The Bertz CT molecular complexity index is 483. The van der Waals surface area contributed by atoms with Crippen molar-refractivity contribution in [2.24, 2.45) is 0 Å². The van der Waals surface area contributed by atoms with Crippen molar-refractivity contribution in [2.75, 3.05) is 0 Å². The molecule has 0 saturated carbocycles. The highest BCUT2D eigenvalue weighted by Gasteiger charge is 2.06. The van der Waals surface area contributed by atoms with Gasteiger partial charge in [-0.2, -0.15) is 0 Å². The third kappa shape index (κ3) is 2.41. The van der Waals surface area contributed by atoms with E-state index in [1.54, 1.807) is 11.3 Å². The first-order valence-electron chi connectivity index (χ1n) is 4.38. The highest BCUT2D eigenvalue weighted by Crippen LogP contribution is 2.35. The van der Waals surface area contributed by atoms with Gasteiger partial charge in [0.05, 0.1) is 3.79 Å². The SMILES string of the molecule is C=Cc1sc(Br)cc1-c1ccc(Br)cc1. The first-order valence-corrected chi connectivity index (χ1v) is 6.78. The second-order valence-electron chi connectivity index (χ2n) is 3.04. The average Bonchev–Trinajstić information content (AvgIpc) is 2.61. The standard InChI is InChI=1S/C12H8Br2S/c1-2-11-10(7-12(14)15-11)8-3-5-9(13)6-4-8/h2-7H,1H2. The van der Waals surface area contributed by atoms with Crippen LogP contribution in [0.4, 0.5) is 0 Å². The van der Waals surface area contributed by atoms with Crippen LogP contribution in [0.3, 0.4) is 0 Å². The number of thiophene rings is 1. The summed E-state index contributed by atoms with van der Waals surface area (Å²) < 4.78 is 2.23. The number of rotatable bonds is 2. The molecule has 0 aliphatic heterocycles. The number of hydrogen-bond acceptors (Lipinski definition) is 1. The van der Waals surface area contributed by atoms with Gasteiger partial charge < -0.3 is 0 Å². The van der Waals surface area contributed by atoms with Crippen LogP contribution >= 0.6 is 43.2 Å². The van der Waals surface area contributed by atoms with E-state index >= 15 is 0 Å². The second-order valence-corrected chi connectivity index (χ2v) is 6.42. The average molecular weight is 344 g/mol. The van der Waals surface area contributed by atoms with E-state index in [9.17, 15) is 0 Å². The van der Waals surface area contributed by atoms with Gasteiger partial charge >= 0.3 is 0 Å². The van der Waals surface area contributed by atoms with Crippen LogP contribution in [0.1, 0.15) is 4.88 Å². The molecule has 0 fully saturated rings. The Morgan fingerprint density at radius 1 is 1.13 bits per heavy atom. The Labute approximate surface area is 110 Å². The lowest BCUT2D eigenvalue weighted by atomic mass is 10.1. The van der Waals surface area contributed by atoms with Gasteiger partial charge in [-0.05, 0) is 39.7 Å². The molecule has 0 N–H and O–H groups in total. The molecule has 2 aromatic rings. The summed E-state index contributed by atoms with van der Waals surface area (Å²) in [5, 5.41) is 0. The largest absolute Gasteiger partial charge is 0.128 e. The summed E-state index contributed by atoms with van der Waals surface area (Å²) in [6.45, 7) is 3.83. The van der Waals surface area contributed by atoms with Crippen LogP contribution in [0.15, 0.2) is 45.2 Å². The number of benzene rings is 1. The van der Waals surface area contributed by atoms with E-state index in [0.717, 1.165) is 8.26 Å². The topological polar surface area (TPSA) is 0 Å². The predicted octanol–water partition coefficient (Wildman–Crippen LogP) is 5.58. The van der Waals surface area contributed by atoms with Crippen molar-refractivity contribution in [3.8, 4) is 11.1 Å². The Morgan fingerprint density at radius 3 is 2.40 bits per heavy atom. The van der Waals surface area contributed by atoms with E-state index in [4.69, 9.17) is 0 Å². The van der Waals surface area contributed by atoms with Crippen LogP contribution in [0.5, 0.6) is 0 Å². The maximum atomic E-state index is 3.83. The van der Waals surface area contributed by atoms with E-state index in [0.29, 0.717) is 0 Å². The molecule has 0 aliphatic rings. The molecule has 3 heteroatoms. The lowest BCUT2D eigenvalue weighted by Crippen LogP contribution is -1.75. The molecule has 0 spiro atoms. The summed E-state index contributed by atoms with van der Waals surface area (Å²) in [6.07, 6.45) is 1.90. The molecule has 0 atom stereocenters. The molecule has 0 saturated heterocycles. The van der Waals surface area contributed by atoms with Crippen LogP contribution in [-0.4, -0.2) is 0 Å². The molecule has 1 aromatic heterocycles. The fraction of sp³-hybridized carbons (Fsp3) is 0. The molecule has 15 heavy (non-hydrogen) atoms. The van der Waals surface area contributed by atoms with Gasteiger partial charge in [-0.25, -0.2) is 0 Å². The maximum Gasteiger partial charge on any atom is 0.0711 e. The van der Waals surface area contributed by atoms with Crippen molar-refractivity contribution >= 4 is 49.3 Å². The summed E-state index contributed by atoms with van der Waals surface area (Å²) in [6, 6.07) is 10.4. The third-order valence-electron chi connectivity index (χ3n) is 2.07. The van der Waals surface area contributed by atoms with E-state index in [1.807, 2.05) is 18.2 Å². The smallest absolute Gasteiger partial charge is 0.0711 e. The fourth-order valence-electron chi connectivity index (χ4n) is 1.38. The second kappa shape index (κ2) is 4.64. The molecule has 0 radical (unpaired) electrons. The van der Waals surface area contributed by atoms with Crippen molar-refractivity contribution in [1.82, 2.24) is 0 Å². The third-order valence-corrected chi connectivity index (χ3v) is 4.23. The van der Waals surface area contributed by atoms with Gasteiger partial charge in [0.2, 0.25) is 0 Å². The molecule has 76 valence electrons. The molecule has 0 nitrogen and oxygen atoms in total. The van der Waals surface area contributed by atoms with Gasteiger partial charge in [0.25, 0.3) is 0 Å². The summed E-state index contributed by atoms with van der Waals surface area (Å²) in [5.74, 6) is 0. The Morgan fingerprint density at radius 2 is 1.80 bits per heavy atom. The van der Waals surface area contributed by atoms with Gasteiger partial charge in [0, 0.05) is 14.9 Å². The van der Waals surface area contributed by atoms with Gasteiger partial charge in [-0.15, -0.1) is 11.3 Å². The zero-order valence-corrected chi connectivity index (χ0v) is 11.8. The maximum absolute atomic E-state index is 3.83. The highest BCUT2D eigenvalue weighted by atomic mass is 79.9. The lowest BCUT2D eigenvalue weighted by Gasteiger charge is -2.00. The van der Waals surface area contributed by atoms with Crippen LogP contribution in [0.25, 0.3) is 17.2 Å². The Hall–Kier alpha value is -0.380. The highest BCUT2D eigenvalue weighted by molar-refractivity contribution is 9.11. The summed E-state index contributed by atoms with van der Waals surface area (Å²) >= 11 is 8.63. The molecular weight excluding hydrogens is 336 g/mol. The van der Waals surface area contributed by atoms with Crippen LogP contribution in [0, 0.1) is 0 Å². The molecule has 0 bridgehead atoms. The monoisotopic (exact) mass is 342 g/mol. The summed E-state index contributed by atoms with van der Waals surface area (Å²) in [5.41, 5.74) is 2.45. The molecule has 0 amide bonds. The normalized spacial score (nSPS) is 10.3. The van der Waals surface area contributed by atoms with Crippen molar-refractivity contribution in [1.29, 1.82) is 0 Å². The molecule has 0 unspecified atom stereocenters.